The molecule has 4 heterocycles. The van der Waals surface area contributed by atoms with E-state index in [2.05, 4.69) is 4.98 Å². The summed E-state index contributed by atoms with van der Waals surface area (Å²) in [5.41, 5.74) is 2.30. The number of benzene rings is 1. The Morgan fingerprint density at radius 1 is 1.36 bits per heavy atom. The third-order valence-electron chi connectivity index (χ3n) is 5.17. The van der Waals surface area contributed by atoms with Crippen LogP contribution in [-0.4, -0.2) is 19.8 Å². The third kappa shape index (κ3) is 1.96. The summed E-state index contributed by atoms with van der Waals surface area (Å²) in [5, 5.41) is 24.8. The minimum Gasteiger partial charge on any atom is -0.494 e. The predicted octanol–water partition coefficient (Wildman–Crippen LogP) is 4.75. The highest BCUT2D eigenvalue weighted by Crippen LogP contribution is 2.61. The lowest BCUT2D eigenvalue weighted by Crippen LogP contribution is -2.16. The standard InChI is InChI=1S/C18H15ClN2O3S/c1-18-5-4-12(24-18)13-14(18)17(23)21(16(13)22)9-2-3-10(11(19)8-9)15-20-6-7-25-15/h2-3,6-8,12,22-23H,4-5H2,1H3/t12-,18+/m1/s1. The Balaban J connectivity index is 1.66. The molecule has 2 aromatic heterocycles. The summed E-state index contributed by atoms with van der Waals surface area (Å²) in [6, 6.07) is 5.41. The maximum Gasteiger partial charge on any atom is 0.205 e. The Morgan fingerprint density at radius 3 is 2.88 bits per heavy atom. The van der Waals surface area contributed by atoms with Crippen molar-refractivity contribution in [1.82, 2.24) is 9.55 Å². The second kappa shape index (κ2) is 5.00. The molecule has 3 aromatic rings. The molecule has 2 N–H and O–H groups in total. The third-order valence-corrected chi connectivity index (χ3v) is 6.29. The molecule has 1 saturated heterocycles. The van der Waals surface area contributed by atoms with Crippen LogP contribution in [0.4, 0.5) is 0 Å². The van der Waals surface area contributed by atoms with Crippen molar-refractivity contribution in [2.45, 2.75) is 31.5 Å². The van der Waals surface area contributed by atoms with Crippen molar-refractivity contribution in [1.29, 1.82) is 0 Å². The highest BCUT2D eigenvalue weighted by Gasteiger charge is 2.53. The molecule has 2 aliphatic heterocycles. The Morgan fingerprint density at radius 2 is 2.20 bits per heavy atom. The van der Waals surface area contributed by atoms with Crippen LogP contribution >= 0.6 is 22.9 Å². The highest BCUT2D eigenvalue weighted by atomic mass is 35.5. The number of nitrogens with zero attached hydrogens (tertiary/aromatic N) is 2. The number of ether oxygens (including phenoxy) is 1. The van der Waals surface area contributed by atoms with E-state index in [1.807, 2.05) is 24.4 Å². The van der Waals surface area contributed by atoms with E-state index >= 15 is 0 Å². The van der Waals surface area contributed by atoms with E-state index < -0.39 is 5.60 Å². The summed E-state index contributed by atoms with van der Waals surface area (Å²) in [7, 11) is 0. The van der Waals surface area contributed by atoms with Crippen molar-refractivity contribution in [2.24, 2.45) is 0 Å². The summed E-state index contributed by atoms with van der Waals surface area (Å²) in [5.74, 6) is 0.0502. The van der Waals surface area contributed by atoms with Gasteiger partial charge in [-0.05, 0) is 38.0 Å². The molecule has 0 amide bonds. The van der Waals surface area contributed by atoms with Gasteiger partial charge in [-0.25, -0.2) is 4.98 Å². The lowest BCUT2D eigenvalue weighted by Gasteiger charge is -2.19. The van der Waals surface area contributed by atoms with Gasteiger partial charge in [0.25, 0.3) is 0 Å². The lowest BCUT2D eigenvalue weighted by molar-refractivity contribution is -0.00959. The molecule has 1 aromatic carbocycles. The molecule has 0 saturated carbocycles. The molecule has 5 nitrogen and oxygen atoms in total. The van der Waals surface area contributed by atoms with E-state index in [4.69, 9.17) is 16.3 Å². The van der Waals surface area contributed by atoms with Crippen molar-refractivity contribution < 1.29 is 14.9 Å². The van der Waals surface area contributed by atoms with Crippen LogP contribution in [0.1, 0.15) is 37.0 Å². The van der Waals surface area contributed by atoms with Crippen LogP contribution in [0.2, 0.25) is 5.02 Å². The van der Waals surface area contributed by atoms with Crippen molar-refractivity contribution in [3.8, 4) is 28.0 Å². The van der Waals surface area contributed by atoms with Crippen molar-refractivity contribution in [3.63, 3.8) is 0 Å². The zero-order valence-corrected chi connectivity index (χ0v) is 14.9. The van der Waals surface area contributed by atoms with Gasteiger partial charge in [0, 0.05) is 17.1 Å². The molecule has 0 spiro atoms. The average molecular weight is 375 g/mol. The predicted molar refractivity (Wildman–Crippen MR) is 95.6 cm³/mol. The van der Waals surface area contributed by atoms with Crippen LogP contribution in [0.5, 0.6) is 11.8 Å². The van der Waals surface area contributed by atoms with E-state index in [1.54, 1.807) is 12.3 Å². The molecule has 128 valence electrons. The Labute approximate surface area is 153 Å². The molecule has 7 heteroatoms. The van der Waals surface area contributed by atoms with E-state index in [0.717, 1.165) is 23.4 Å². The number of thiazole rings is 1. The summed E-state index contributed by atoms with van der Waals surface area (Å²) in [6.45, 7) is 1.96. The molecular weight excluding hydrogens is 360 g/mol. The van der Waals surface area contributed by atoms with Gasteiger partial charge in [0.05, 0.1) is 33.5 Å². The fourth-order valence-corrected chi connectivity index (χ4v) is 5.03. The minimum absolute atomic E-state index is 0.0234. The van der Waals surface area contributed by atoms with E-state index in [0.29, 0.717) is 21.8 Å². The molecule has 2 bridgehead atoms. The zero-order chi connectivity index (χ0) is 17.3. The number of hydrogen-bond donors (Lipinski definition) is 2. The number of rotatable bonds is 2. The first-order valence-electron chi connectivity index (χ1n) is 8.04. The zero-order valence-electron chi connectivity index (χ0n) is 13.4. The molecule has 2 atom stereocenters. The number of halogens is 1. The number of fused-ring (bicyclic) bond motifs is 5. The minimum atomic E-state index is -0.530. The number of hydrogen-bond acceptors (Lipinski definition) is 5. The fraction of sp³-hybridized carbons (Fsp3) is 0.278. The SMILES string of the molecule is C[C@@]12CC[C@@H](O1)c1c2c(O)n(-c2ccc(-c3nccs3)c(Cl)c2)c1O. The Kier molecular flexibility index (Phi) is 3.05. The number of aromatic hydroxyl groups is 2. The first-order valence-corrected chi connectivity index (χ1v) is 9.30. The smallest absolute Gasteiger partial charge is 0.205 e. The first kappa shape index (κ1) is 15.3. The van der Waals surface area contributed by atoms with Crippen molar-refractivity contribution in [3.05, 3.63) is 45.9 Å². The first-order chi connectivity index (χ1) is 12.0. The topological polar surface area (TPSA) is 67.5 Å². The van der Waals surface area contributed by atoms with Crippen LogP contribution in [0.15, 0.2) is 29.8 Å². The van der Waals surface area contributed by atoms with Gasteiger partial charge in [-0.15, -0.1) is 11.3 Å². The maximum atomic E-state index is 10.8. The number of aromatic nitrogens is 2. The Bertz CT molecular complexity index is 998. The molecule has 1 fully saturated rings. The molecule has 5 rings (SSSR count). The van der Waals surface area contributed by atoms with Crippen LogP contribution in [-0.2, 0) is 10.3 Å². The van der Waals surface area contributed by atoms with Gasteiger partial charge in [-0.1, -0.05) is 11.6 Å². The van der Waals surface area contributed by atoms with Crippen molar-refractivity contribution >= 4 is 22.9 Å². The van der Waals surface area contributed by atoms with Gasteiger partial charge in [0.15, 0.2) is 0 Å². The van der Waals surface area contributed by atoms with Crippen LogP contribution < -0.4 is 0 Å². The monoisotopic (exact) mass is 374 g/mol. The van der Waals surface area contributed by atoms with Crippen molar-refractivity contribution in [2.75, 3.05) is 0 Å². The Hall–Kier alpha value is -2.02. The summed E-state index contributed by atoms with van der Waals surface area (Å²) in [6.07, 6.45) is 3.27. The highest BCUT2D eigenvalue weighted by molar-refractivity contribution is 7.13. The van der Waals surface area contributed by atoms with E-state index in [1.165, 1.54) is 15.9 Å². The molecule has 2 aliphatic rings. The summed E-state index contributed by atoms with van der Waals surface area (Å²) >= 11 is 7.94. The normalized spacial score (nSPS) is 24.0. The lowest BCUT2D eigenvalue weighted by atomic mass is 9.86. The maximum absolute atomic E-state index is 10.8. The molecule has 25 heavy (non-hydrogen) atoms. The summed E-state index contributed by atoms with van der Waals surface area (Å²) < 4.78 is 7.39. The van der Waals surface area contributed by atoms with Gasteiger partial charge in [0.1, 0.15) is 5.01 Å². The van der Waals surface area contributed by atoms with Gasteiger partial charge in [0.2, 0.25) is 11.8 Å². The summed E-state index contributed by atoms with van der Waals surface area (Å²) in [4.78, 5) is 4.27. The van der Waals surface area contributed by atoms with Crippen LogP contribution in [0.25, 0.3) is 16.3 Å². The van der Waals surface area contributed by atoms with Gasteiger partial charge < -0.3 is 14.9 Å². The second-order valence-electron chi connectivity index (χ2n) is 6.65. The average Bonchev–Trinajstić information content (AvgIpc) is 3.31. The van der Waals surface area contributed by atoms with Crippen LogP contribution in [0, 0.1) is 0 Å². The van der Waals surface area contributed by atoms with Gasteiger partial charge in [-0.3, -0.25) is 4.57 Å². The quantitative estimate of drug-likeness (QED) is 0.679. The van der Waals surface area contributed by atoms with Crippen LogP contribution in [0.3, 0.4) is 0 Å². The second-order valence-corrected chi connectivity index (χ2v) is 7.95. The fourth-order valence-electron chi connectivity index (χ4n) is 4.03. The van der Waals surface area contributed by atoms with Gasteiger partial charge in [-0.2, -0.15) is 0 Å². The van der Waals surface area contributed by atoms with E-state index in [-0.39, 0.29) is 17.9 Å². The van der Waals surface area contributed by atoms with Gasteiger partial charge >= 0.3 is 0 Å². The molecular formula is C18H15ClN2O3S. The van der Waals surface area contributed by atoms with E-state index in [9.17, 15) is 10.2 Å². The molecule has 0 radical (unpaired) electrons. The molecule has 0 aliphatic carbocycles. The largest absolute Gasteiger partial charge is 0.494 e. The molecule has 0 unspecified atom stereocenters.